The fourth-order valence-electron chi connectivity index (χ4n) is 11.2. The zero-order valence-corrected chi connectivity index (χ0v) is 36.4. The van der Waals surface area contributed by atoms with Crippen LogP contribution < -0.4 is 0 Å². The van der Waals surface area contributed by atoms with Crippen LogP contribution in [0.15, 0.2) is 158 Å². The predicted octanol–water partition coefficient (Wildman–Crippen LogP) is 16.4. The van der Waals surface area contributed by atoms with E-state index in [0.29, 0.717) is 7.25 Å². The first-order valence-electron chi connectivity index (χ1n) is 21.4. The number of unbranched alkanes of at least 4 members (excludes halogenated alkanes) is 2. The Morgan fingerprint density at radius 2 is 0.772 bits per heavy atom. The van der Waals surface area contributed by atoms with Gasteiger partial charge >= 0.3 is 346 Å². The topological polar surface area (TPSA) is 0 Å². The molecule has 0 saturated carbocycles. The molecule has 8 aromatic carbocycles. The molecule has 0 fully saturated rings. The van der Waals surface area contributed by atoms with Crippen molar-refractivity contribution in [3.8, 4) is 44.5 Å². The van der Waals surface area contributed by atoms with Crippen LogP contribution in [0.2, 0.25) is 8.26 Å². The molecule has 10 rings (SSSR count). The summed E-state index contributed by atoms with van der Waals surface area (Å²) < 4.78 is 3.69. The first kappa shape index (κ1) is 36.5. The van der Waals surface area contributed by atoms with Gasteiger partial charge in [-0.15, -0.1) is 0 Å². The maximum atomic E-state index is 2.67. The van der Waals surface area contributed by atoms with E-state index in [1.807, 2.05) is 0 Å². The van der Waals surface area contributed by atoms with Gasteiger partial charge < -0.3 is 0 Å². The number of rotatable bonds is 10. The molecule has 0 radical (unpaired) electrons. The van der Waals surface area contributed by atoms with Crippen LogP contribution in [0.4, 0.5) is 0 Å². The molecule has 0 unspecified atom stereocenters. The number of aryl methyl sites for hydroxylation is 2. The van der Waals surface area contributed by atoms with E-state index in [9.17, 15) is 0 Å². The van der Waals surface area contributed by atoms with Gasteiger partial charge in [-0.1, -0.05) is 0 Å². The summed E-state index contributed by atoms with van der Waals surface area (Å²) in [6, 6.07) is 61.6. The van der Waals surface area contributed by atoms with Crippen LogP contribution in [0.5, 0.6) is 0 Å². The van der Waals surface area contributed by atoms with Crippen LogP contribution in [-0.2, 0) is 20.3 Å². The molecule has 0 heterocycles. The van der Waals surface area contributed by atoms with Crippen LogP contribution in [0.25, 0.3) is 66.1 Å². The summed E-state index contributed by atoms with van der Waals surface area (Å²) in [5.74, 6) is 0. The van der Waals surface area contributed by atoms with Crippen molar-refractivity contribution in [1.82, 2.24) is 0 Å². The first-order valence-corrected chi connectivity index (χ1v) is 27.8. The third kappa shape index (κ3) is 6.03. The van der Waals surface area contributed by atoms with E-state index in [2.05, 4.69) is 185 Å². The second-order valence-electron chi connectivity index (χ2n) is 17.1. The number of hydrogen-bond acceptors (Lipinski definition) is 0. The average molecular weight is 816 g/mol. The minimum atomic E-state index is -3.57. The average Bonchev–Trinajstić information content (AvgIpc) is 3.75. The maximum absolute atomic E-state index is 3.57. The normalized spacial score (nSPS) is 13.5. The molecule has 0 saturated heterocycles. The monoisotopic (exact) mass is 814 g/mol. The van der Waals surface area contributed by atoms with Gasteiger partial charge in [-0.3, -0.25) is 0 Å². The number of fused-ring (bicyclic) bond motifs is 8. The molecule has 0 aliphatic heterocycles. The van der Waals surface area contributed by atoms with Crippen molar-refractivity contribution in [2.45, 2.75) is 68.9 Å². The molecule has 0 N–H and O–H groups in total. The molecule has 280 valence electrons. The standard InChI is InChI=1S/C33H21.C15H13.2C4H9.Zr/c1-3-11-28-22(7-1)9-5-13-30(28)24-15-17-32-26(19-24)21-27-20-25(16-18-33(27)32)31-14-6-10-23-8-2-4-12-29(23)31;1-10-3-5-14-12(7-10)9-13-8-11(2)4-6-15(13)14;2*1-3-4-2;/h1-21H;3-9H,1-2H3;2*1,3-4H2,2H3;. The van der Waals surface area contributed by atoms with Crippen LogP contribution in [0.1, 0.15) is 80.2 Å². The Bertz CT molecular complexity index is 2620. The molecule has 1 heteroatoms. The van der Waals surface area contributed by atoms with Gasteiger partial charge in [-0.25, -0.2) is 0 Å². The van der Waals surface area contributed by atoms with E-state index in [0.717, 1.165) is 0 Å². The molecule has 0 spiro atoms. The Kier molecular flexibility index (Phi) is 9.50. The van der Waals surface area contributed by atoms with Gasteiger partial charge in [0.1, 0.15) is 0 Å². The van der Waals surface area contributed by atoms with Crippen molar-refractivity contribution in [1.29, 1.82) is 0 Å². The molecular weight excluding hydrogens is 764 g/mol. The van der Waals surface area contributed by atoms with Crippen LogP contribution in [0.3, 0.4) is 0 Å². The summed E-state index contributed by atoms with van der Waals surface area (Å²) in [6.07, 6.45) is 5.06. The molecular formula is C56H52Zr. The summed E-state index contributed by atoms with van der Waals surface area (Å²) in [7, 11) is 0. The van der Waals surface area contributed by atoms with Crippen molar-refractivity contribution in [2.24, 2.45) is 0 Å². The van der Waals surface area contributed by atoms with Crippen molar-refractivity contribution in [3.05, 3.63) is 191 Å². The molecule has 0 amide bonds. The number of benzene rings is 8. The van der Waals surface area contributed by atoms with Crippen molar-refractivity contribution >= 4 is 21.5 Å². The van der Waals surface area contributed by atoms with Gasteiger partial charge in [0.05, 0.1) is 0 Å². The second kappa shape index (κ2) is 14.8. The van der Waals surface area contributed by atoms with Gasteiger partial charge in [0, 0.05) is 0 Å². The van der Waals surface area contributed by atoms with Crippen LogP contribution >= 0.6 is 0 Å². The Labute approximate surface area is 344 Å². The molecule has 0 bridgehead atoms. The summed E-state index contributed by atoms with van der Waals surface area (Å²) in [6.45, 7) is 9.48. The Morgan fingerprint density at radius 1 is 0.386 bits per heavy atom. The van der Waals surface area contributed by atoms with E-state index in [-0.39, 0.29) is 0 Å². The van der Waals surface area contributed by atoms with Gasteiger partial charge in [0.25, 0.3) is 0 Å². The SMILES string of the molecule is CCC[CH2][Zr]([CH2]CCC)([CH]1c2cc(C)ccc2-c2ccc(C)cc21)[CH]1c2cc(-c3cccc4ccccc34)ccc2-c2ccc(-c3cccc4ccccc34)cc21. The molecule has 0 atom stereocenters. The van der Waals surface area contributed by atoms with Crippen molar-refractivity contribution in [3.63, 3.8) is 0 Å². The summed E-state index contributed by atoms with van der Waals surface area (Å²) in [4.78, 5) is 0. The summed E-state index contributed by atoms with van der Waals surface area (Å²) in [5, 5.41) is 5.28. The quantitative estimate of drug-likeness (QED) is 0.129. The van der Waals surface area contributed by atoms with E-state index in [1.54, 1.807) is 22.3 Å². The summed E-state index contributed by atoms with van der Waals surface area (Å²) >= 11 is -3.57. The molecule has 0 aromatic heterocycles. The van der Waals surface area contributed by atoms with Gasteiger partial charge in [0.2, 0.25) is 0 Å². The third-order valence-corrected chi connectivity index (χ3v) is 28.7. The fraction of sp³-hybridized carbons (Fsp3) is 0.214. The molecule has 8 aromatic rings. The van der Waals surface area contributed by atoms with Crippen LogP contribution in [0, 0.1) is 13.8 Å². The van der Waals surface area contributed by atoms with Crippen LogP contribution in [-0.4, -0.2) is 0 Å². The van der Waals surface area contributed by atoms with E-state index < -0.39 is 20.3 Å². The van der Waals surface area contributed by atoms with E-state index in [4.69, 9.17) is 0 Å². The second-order valence-corrected chi connectivity index (χ2v) is 28.5. The molecule has 2 aliphatic carbocycles. The van der Waals surface area contributed by atoms with E-state index >= 15 is 0 Å². The van der Waals surface area contributed by atoms with Crippen molar-refractivity contribution < 1.29 is 20.3 Å². The molecule has 2 aliphatic rings. The predicted molar refractivity (Wildman–Crippen MR) is 242 cm³/mol. The molecule has 0 nitrogen and oxygen atoms in total. The minimum absolute atomic E-state index is 0.428. The third-order valence-electron chi connectivity index (χ3n) is 13.7. The Morgan fingerprint density at radius 3 is 1.21 bits per heavy atom. The zero-order valence-electron chi connectivity index (χ0n) is 33.9. The Hall–Kier alpha value is -4.84. The first-order chi connectivity index (χ1) is 28.0. The van der Waals surface area contributed by atoms with Gasteiger partial charge in [-0.05, 0) is 0 Å². The number of hydrogen-bond donors (Lipinski definition) is 0. The van der Waals surface area contributed by atoms with Gasteiger partial charge in [-0.2, -0.15) is 0 Å². The summed E-state index contributed by atoms with van der Waals surface area (Å²) in [5.41, 5.74) is 20.5. The molecule has 57 heavy (non-hydrogen) atoms. The Balaban J connectivity index is 1.28. The fourth-order valence-corrected chi connectivity index (χ4v) is 28.9. The van der Waals surface area contributed by atoms with Crippen molar-refractivity contribution in [2.75, 3.05) is 0 Å². The zero-order chi connectivity index (χ0) is 38.7. The van der Waals surface area contributed by atoms with Gasteiger partial charge in [0.15, 0.2) is 0 Å². The van der Waals surface area contributed by atoms with E-state index in [1.165, 1.54) is 111 Å².